The second-order valence-electron chi connectivity index (χ2n) is 4.05. The first-order valence-corrected chi connectivity index (χ1v) is 9.36. The van der Waals surface area contributed by atoms with Gasteiger partial charge in [0.25, 0.3) is 0 Å². The highest BCUT2D eigenvalue weighted by atomic mass is 79.9. The number of hydrogen-bond acceptors (Lipinski definition) is 4. The van der Waals surface area contributed by atoms with Crippen LogP contribution in [0.15, 0.2) is 27.6 Å². The van der Waals surface area contributed by atoms with E-state index in [-0.39, 0.29) is 4.90 Å². The van der Waals surface area contributed by atoms with Gasteiger partial charge < -0.3 is 4.74 Å². The third-order valence-corrected chi connectivity index (χ3v) is 6.69. The molecule has 1 saturated heterocycles. The molecule has 0 spiro atoms. The van der Waals surface area contributed by atoms with Gasteiger partial charge in [0, 0.05) is 35.4 Å². The van der Waals surface area contributed by atoms with Gasteiger partial charge >= 0.3 is 0 Å². The van der Waals surface area contributed by atoms with Gasteiger partial charge in [0.15, 0.2) is 0 Å². The van der Waals surface area contributed by atoms with Crippen molar-refractivity contribution in [2.75, 3.05) is 31.7 Å². The van der Waals surface area contributed by atoms with E-state index >= 15 is 0 Å². The van der Waals surface area contributed by atoms with Crippen molar-refractivity contribution >= 4 is 36.8 Å². The summed E-state index contributed by atoms with van der Waals surface area (Å²) in [4.78, 5) is 0.216. The van der Waals surface area contributed by atoms with Crippen LogP contribution in [0.1, 0.15) is 0 Å². The van der Waals surface area contributed by atoms with Crippen LogP contribution in [0, 0.1) is 0 Å². The molecule has 0 bridgehead atoms. The molecule has 0 aromatic heterocycles. The summed E-state index contributed by atoms with van der Waals surface area (Å²) in [6, 6.07) is 4.66. The minimum absolute atomic E-state index is 0.216. The molecule has 1 aromatic carbocycles. The molecule has 8 heteroatoms. The number of rotatable bonds is 3. The molecular formula is C11H14BrNO4S2. The van der Waals surface area contributed by atoms with Crippen LogP contribution >= 0.6 is 15.9 Å². The van der Waals surface area contributed by atoms with Crippen LogP contribution in [0.5, 0.6) is 5.75 Å². The first-order valence-electron chi connectivity index (χ1n) is 5.64. The standard InChI is InChI=1S/C11H14BrNO4S2/c1-17-11-3-2-9(8-10(11)12)19(15,16)13-4-6-18(14)7-5-13/h2-3,8H,4-7H2,1H3. The number of hydrogen-bond donors (Lipinski definition) is 0. The Labute approximate surface area is 123 Å². The van der Waals surface area contributed by atoms with Crippen LogP contribution in [-0.4, -0.2) is 48.6 Å². The van der Waals surface area contributed by atoms with E-state index in [2.05, 4.69) is 15.9 Å². The van der Waals surface area contributed by atoms with E-state index in [1.54, 1.807) is 6.07 Å². The molecule has 0 amide bonds. The van der Waals surface area contributed by atoms with Crippen molar-refractivity contribution in [3.05, 3.63) is 22.7 Å². The molecule has 0 radical (unpaired) electrons. The predicted octanol–water partition coefficient (Wildman–Crippen LogP) is 1.21. The molecule has 0 unspecified atom stereocenters. The zero-order valence-corrected chi connectivity index (χ0v) is 13.6. The summed E-state index contributed by atoms with van der Waals surface area (Å²) in [5.41, 5.74) is 0. The van der Waals surface area contributed by atoms with Gasteiger partial charge in [-0.2, -0.15) is 4.31 Å². The Morgan fingerprint density at radius 2 is 1.95 bits per heavy atom. The number of halogens is 1. The van der Waals surface area contributed by atoms with Crippen LogP contribution in [0.4, 0.5) is 0 Å². The number of nitrogens with zero attached hydrogens (tertiary/aromatic N) is 1. The predicted molar refractivity (Wildman–Crippen MR) is 77.3 cm³/mol. The van der Waals surface area contributed by atoms with E-state index in [0.717, 1.165) is 0 Å². The second-order valence-corrected chi connectivity index (χ2v) is 8.54. The first-order chi connectivity index (χ1) is 8.95. The Balaban J connectivity index is 2.29. The monoisotopic (exact) mass is 367 g/mol. The van der Waals surface area contributed by atoms with Gasteiger partial charge in [-0.1, -0.05) is 0 Å². The second kappa shape index (κ2) is 5.90. The van der Waals surface area contributed by atoms with Crippen LogP contribution in [0.2, 0.25) is 0 Å². The van der Waals surface area contributed by atoms with E-state index < -0.39 is 20.8 Å². The van der Waals surface area contributed by atoms with E-state index in [0.29, 0.717) is 34.8 Å². The molecule has 1 fully saturated rings. The van der Waals surface area contributed by atoms with Crippen LogP contribution in [-0.2, 0) is 20.8 Å². The molecule has 0 aliphatic carbocycles. The normalized spacial score (nSPS) is 18.4. The summed E-state index contributed by atoms with van der Waals surface area (Å²) in [6.07, 6.45) is 0. The van der Waals surface area contributed by atoms with Crippen molar-refractivity contribution in [3.63, 3.8) is 0 Å². The number of methoxy groups -OCH3 is 1. The van der Waals surface area contributed by atoms with E-state index in [1.807, 2.05) is 0 Å². The quantitative estimate of drug-likeness (QED) is 0.805. The van der Waals surface area contributed by atoms with Gasteiger partial charge in [0.1, 0.15) is 5.75 Å². The average molecular weight is 368 g/mol. The van der Waals surface area contributed by atoms with E-state index in [4.69, 9.17) is 4.74 Å². The fourth-order valence-corrected chi connectivity index (χ4v) is 5.26. The van der Waals surface area contributed by atoms with Crippen molar-refractivity contribution in [1.82, 2.24) is 4.31 Å². The Bertz CT molecular complexity index is 593. The van der Waals surface area contributed by atoms with Gasteiger partial charge in [-0.3, -0.25) is 4.21 Å². The zero-order chi connectivity index (χ0) is 14.0. The van der Waals surface area contributed by atoms with Crippen molar-refractivity contribution in [2.24, 2.45) is 0 Å². The lowest BCUT2D eigenvalue weighted by Gasteiger charge is -2.25. The topological polar surface area (TPSA) is 63.7 Å². The Hall–Kier alpha value is -0.440. The van der Waals surface area contributed by atoms with Crippen LogP contribution in [0.25, 0.3) is 0 Å². The highest BCUT2D eigenvalue weighted by Crippen LogP contribution is 2.29. The maximum atomic E-state index is 12.4. The maximum absolute atomic E-state index is 12.4. The Morgan fingerprint density at radius 3 is 2.47 bits per heavy atom. The molecule has 1 aliphatic rings. The third kappa shape index (κ3) is 3.18. The van der Waals surface area contributed by atoms with Gasteiger partial charge in [0.05, 0.1) is 16.5 Å². The Morgan fingerprint density at radius 1 is 1.32 bits per heavy atom. The molecule has 0 N–H and O–H groups in total. The zero-order valence-electron chi connectivity index (χ0n) is 10.3. The summed E-state index contributed by atoms with van der Waals surface area (Å²) in [6.45, 7) is 0.608. The minimum atomic E-state index is -3.52. The average Bonchev–Trinajstić information content (AvgIpc) is 2.39. The third-order valence-electron chi connectivity index (χ3n) is 2.90. The highest BCUT2D eigenvalue weighted by molar-refractivity contribution is 9.10. The molecule has 1 aromatic rings. The summed E-state index contributed by atoms with van der Waals surface area (Å²) in [7, 11) is -2.89. The molecule has 2 rings (SSSR count). The van der Waals surface area contributed by atoms with Crippen LogP contribution < -0.4 is 4.74 Å². The van der Waals surface area contributed by atoms with Crippen molar-refractivity contribution < 1.29 is 17.4 Å². The van der Waals surface area contributed by atoms with Crippen LogP contribution in [0.3, 0.4) is 0 Å². The molecule has 5 nitrogen and oxygen atoms in total. The summed E-state index contributed by atoms with van der Waals surface area (Å²) < 4.78 is 43.1. The SMILES string of the molecule is COc1ccc(S(=O)(=O)N2CCS(=O)CC2)cc1Br. The largest absolute Gasteiger partial charge is 0.496 e. The summed E-state index contributed by atoms with van der Waals surface area (Å²) >= 11 is 3.28. The van der Waals surface area contributed by atoms with E-state index in [9.17, 15) is 12.6 Å². The lowest BCUT2D eigenvalue weighted by molar-refractivity contribution is 0.411. The fourth-order valence-electron chi connectivity index (χ4n) is 1.82. The van der Waals surface area contributed by atoms with Crippen molar-refractivity contribution in [1.29, 1.82) is 0 Å². The van der Waals surface area contributed by atoms with Gasteiger partial charge in [-0.05, 0) is 34.1 Å². The minimum Gasteiger partial charge on any atom is -0.496 e. The Kier molecular flexibility index (Phi) is 4.65. The van der Waals surface area contributed by atoms with Gasteiger partial charge in [-0.25, -0.2) is 8.42 Å². The molecule has 0 saturated carbocycles. The molecule has 1 heterocycles. The molecular weight excluding hydrogens is 354 g/mol. The van der Waals surface area contributed by atoms with Crippen molar-refractivity contribution in [2.45, 2.75) is 4.90 Å². The van der Waals surface area contributed by atoms with Gasteiger partial charge in [-0.15, -0.1) is 0 Å². The fraction of sp³-hybridized carbons (Fsp3) is 0.455. The smallest absolute Gasteiger partial charge is 0.243 e. The number of benzene rings is 1. The molecule has 1 aliphatic heterocycles. The molecule has 106 valence electrons. The molecule has 0 atom stereocenters. The summed E-state index contributed by atoms with van der Waals surface area (Å²) in [5, 5.41) is 0. The van der Waals surface area contributed by atoms with Crippen molar-refractivity contribution in [3.8, 4) is 5.75 Å². The highest BCUT2D eigenvalue weighted by Gasteiger charge is 2.28. The van der Waals surface area contributed by atoms with E-state index in [1.165, 1.54) is 23.5 Å². The lowest BCUT2D eigenvalue weighted by atomic mass is 10.3. The molecule has 19 heavy (non-hydrogen) atoms. The maximum Gasteiger partial charge on any atom is 0.243 e. The summed E-state index contributed by atoms with van der Waals surface area (Å²) in [5.74, 6) is 1.38. The number of ether oxygens (including phenoxy) is 1. The first kappa shape index (κ1) is 15.0. The number of sulfonamides is 1. The van der Waals surface area contributed by atoms with Gasteiger partial charge in [0.2, 0.25) is 10.0 Å². The lowest BCUT2D eigenvalue weighted by Crippen LogP contribution is -2.41.